The van der Waals surface area contributed by atoms with E-state index in [2.05, 4.69) is 23.5 Å². The van der Waals surface area contributed by atoms with Crippen LogP contribution in [-0.2, 0) is 16.0 Å². The number of carbonyl (C=O) groups excluding carboxylic acids is 1. The first-order valence-electron chi connectivity index (χ1n) is 5.44. The van der Waals surface area contributed by atoms with Crippen molar-refractivity contribution < 1.29 is 9.53 Å². The molecule has 0 saturated heterocycles. The molecule has 4 nitrogen and oxygen atoms in total. The molecule has 0 fully saturated rings. The smallest absolute Gasteiger partial charge is 0.333 e. The lowest BCUT2D eigenvalue weighted by atomic mass is 10.3. The SMILES string of the molecule is C=C(C)C(=O)OC(C)c1cnc(CCC)[nH]1. The number of nitrogens with zero attached hydrogens (tertiary/aromatic N) is 1. The van der Waals surface area contributed by atoms with E-state index in [0.29, 0.717) is 5.57 Å². The van der Waals surface area contributed by atoms with Crippen molar-refractivity contribution in [2.75, 3.05) is 0 Å². The van der Waals surface area contributed by atoms with Gasteiger partial charge in [-0.05, 0) is 20.3 Å². The van der Waals surface area contributed by atoms with Crippen molar-refractivity contribution in [3.8, 4) is 0 Å². The van der Waals surface area contributed by atoms with Gasteiger partial charge in [-0.1, -0.05) is 13.5 Å². The molecule has 0 bridgehead atoms. The molecule has 88 valence electrons. The summed E-state index contributed by atoms with van der Waals surface area (Å²) in [5.74, 6) is 0.551. The number of ether oxygens (including phenoxy) is 1. The Balaban J connectivity index is 2.62. The molecule has 0 aliphatic carbocycles. The van der Waals surface area contributed by atoms with Crippen LogP contribution in [-0.4, -0.2) is 15.9 Å². The van der Waals surface area contributed by atoms with Gasteiger partial charge in [0.1, 0.15) is 11.9 Å². The average molecular weight is 222 g/mol. The maximum Gasteiger partial charge on any atom is 0.333 e. The summed E-state index contributed by atoms with van der Waals surface area (Å²) in [7, 11) is 0. The minimum atomic E-state index is -0.376. The summed E-state index contributed by atoms with van der Waals surface area (Å²) >= 11 is 0. The van der Waals surface area contributed by atoms with Crippen LogP contribution in [0.5, 0.6) is 0 Å². The van der Waals surface area contributed by atoms with E-state index in [9.17, 15) is 4.79 Å². The highest BCUT2D eigenvalue weighted by molar-refractivity contribution is 5.87. The zero-order valence-corrected chi connectivity index (χ0v) is 10.0. The van der Waals surface area contributed by atoms with Crippen LogP contribution in [0.4, 0.5) is 0 Å². The second kappa shape index (κ2) is 5.49. The van der Waals surface area contributed by atoms with Gasteiger partial charge in [0.25, 0.3) is 0 Å². The van der Waals surface area contributed by atoms with Gasteiger partial charge < -0.3 is 9.72 Å². The Morgan fingerprint density at radius 3 is 2.94 bits per heavy atom. The highest BCUT2D eigenvalue weighted by atomic mass is 16.5. The molecule has 0 aromatic carbocycles. The molecule has 4 heteroatoms. The first kappa shape index (κ1) is 12.5. The van der Waals surface area contributed by atoms with Crippen molar-refractivity contribution in [2.45, 2.75) is 39.7 Å². The second-order valence-corrected chi connectivity index (χ2v) is 3.86. The molecule has 1 aromatic heterocycles. The Hall–Kier alpha value is -1.58. The van der Waals surface area contributed by atoms with Crippen LogP contribution in [0.3, 0.4) is 0 Å². The highest BCUT2D eigenvalue weighted by Gasteiger charge is 2.14. The first-order valence-corrected chi connectivity index (χ1v) is 5.44. The van der Waals surface area contributed by atoms with Crippen LogP contribution in [0.15, 0.2) is 18.3 Å². The number of hydrogen-bond acceptors (Lipinski definition) is 3. The Kier molecular flexibility index (Phi) is 4.28. The molecule has 1 unspecified atom stereocenters. The highest BCUT2D eigenvalue weighted by Crippen LogP contribution is 2.16. The first-order chi connectivity index (χ1) is 7.54. The van der Waals surface area contributed by atoms with Crippen LogP contribution in [0.1, 0.15) is 44.8 Å². The Labute approximate surface area is 95.7 Å². The summed E-state index contributed by atoms with van der Waals surface area (Å²) in [6.45, 7) is 9.07. The quantitative estimate of drug-likeness (QED) is 0.615. The molecule has 0 aliphatic heterocycles. The van der Waals surface area contributed by atoms with Gasteiger partial charge in [-0.2, -0.15) is 0 Å². The van der Waals surface area contributed by atoms with Gasteiger partial charge >= 0.3 is 5.97 Å². The van der Waals surface area contributed by atoms with Gasteiger partial charge in [0, 0.05) is 12.0 Å². The number of carbonyl (C=O) groups is 1. The molecule has 1 aromatic rings. The number of aryl methyl sites for hydroxylation is 1. The number of esters is 1. The lowest BCUT2D eigenvalue weighted by Gasteiger charge is -2.10. The number of aromatic amines is 1. The Morgan fingerprint density at radius 1 is 1.69 bits per heavy atom. The van der Waals surface area contributed by atoms with Crippen molar-refractivity contribution in [3.05, 3.63) is 29.9 Å². The van der Waals surface area contributed by atoms with E-state index in [1.54, 1.807) is 13.1 Å². The summed E-state index contributed by atoms with van der Waals surface area (Å²) in [5.41, 5.74) is 1.22. The summed E-state index contributed by atoms with van der Waals surface area (Å²) in [5, 5.41) is 0. The Morgan fingerprint density at radius 2 is 2.38 bits per heavy atom. The maximum absolute atomic E-state index is 11.3. The van der Waals surface area contributed by atoms with Gasteiger partial charge in [-0.15, -0.1) is 0 Å². The maximum atomic E-state index is 11.3. The molecule has 1 N–H and O–H groups in total. The molecule has 1 rings (SSSR count). The third-order valence-electron chi connectivity index (χ3n) is 2.21. The van der Waals surface area contributed by atoms with E-state index in [4.69, 9.17) is 4.74 Å². The van der Waals surface area contributed by atoms with Crippen LogP contribution < -0.4 is 0 Å². The van der Waals surface area contributed by atoms with Gasteiger partial charge in [-0.25, -0.2) is 9.78 Å². The van der Waals surface area contributed by atoms with Crippen molar-refractivity contribution in [1.29, 1.82) is 0 Å². The second-order valence-electron chi connectivity index (χ2n) is 3.86. The molecule has 0 spiro atoms. The number of aromatic nitrogens is 2. The van der Waals surface area contributed by atoms with Gasteiger partial charge in [0.05, 0.1) is 11.9 Å². The lowest BCUT2D eigenvalue weighted by molar-refractivity contribution is -0.143. The number of H-pyrrole nitrogens is 1. The third-order valence-corrected chi connectivity index (χ3v) is 2.21. The number of rotatable bonds is 5. The number of hydrogen-bond donors (Lipinski definition) is 1. The topological polar surface area (TPSA) is 55.0 Å². The minimum absolute atomic E-state index is 0.317. The molecule has 1 atom stereocenters. The van der Waals surface area contributed by atoms with E-state index in [1.807, 2.05) is 6.92 Å². The number of imidazole rings is 1. The number of nitrogens with one attached hydrogen (secondary N) is 1. The van der Waals surface area contributed by atoms with Gasteiger partial charge in [-0.3, -0.25) is 0 Å². The summed E-state index contributed by atoms with van der Waals surface area (Å²) < 4.78 is 5.18. The molecule has 16 heavy (non-hydrogen) atoms. The zero-order chi connectivity index (χ0) is 12.1. The molecule has 0 amide bonds. The van der Waals surface area contributed by atoms with Crippen LogP contribution in [0.25, 0.3) is 0 Å². The fourth-order valence-corrected chi connectivity index (χ4v) is 1.27. The van der Waals surface area contributed by atoms with E-state index < -0.39 is 0 Å². The van der Waals surface area contributed by atoms with Crippen LogP contribution in [0, 0.1) is 0 Å². The summed E-state index contributed by atoms with van der Waals surface area (Å²) in [4.78, 5) is 18.7. The predicted octanol–water partition coefficient (Wildman–Crippen LogP) is 2.54. The average Bonchev–Trinajstić information content (AvgIpc) is 2.66. The van der Waals surface area contributed by atoms with Crippen LogP contribution >= 0.6 is 0 Å². The predicted molar refractivity (Wildman–Crippen MR) is 61.9 cm³/mol. The molecular formula is C12H18N2O2. The van der Waals surface area contributed by atoms with Gasteiger partial charge in [0.15, 0.2) is 0 Å². The standard InChI is InChI=1S/C12H18N2O2/c1-5-6-11-13-7-10(14-11)9(4)16-12(15)8(2)3/h7,9H,2,5-6H2,1,3-4H3,(H,13,14). The molecule has 0 aliphatic rings. The van der Waals surface area contributed by atoms with Gasteiger partial charge in [0.2, 0.25) is 0 Å². The molecule has 0 saturated carbocycles. The summed E-state index contributed by atoms with van der Waals surface area (Å²) in [6.07, 6.45) is 3.33. The normalized spacial score (nSPS) is 12.2. The van der Waals surface area contributed by atoms with Crippen molar-refractivity contribution >= 4 is 5.97 Å². The summed E-state index contributed by atoms with van der Waals surface area (Å²) in [6, 6.07) is 0. The third kappa shape index (κ3) is 3.22. The van der Waals surface area contributed by atoms with E-state index in [-0.39, 0.29) is 12.1 Å². The largest absolute Gasteiger partial charge is 0.453 e. The van der Waals surface area contributed by atoms with Crippen LogP contribution in [0.2, 0.25) is 0 Å². The van der Waals surface area contributed by atoms with Crippen molar-refractivity contribution in [2.24, 2.45) is 0 Å². The molecule has 1 heterocycles. The fraction of sp³-hybridized carbons (Fsp3) is 0.500. The monoisotopic (exact) mass is 222 g/mol. The van der Waals surface area contributed by atoms with Crippen molar-refractivity contribution in [1.82, 2.24) is 9.97 Å². The van der Waals surface area contributed by atoms with E-state index in [0.717, 1.165) is 24.4 Å². The van der Waals surface area contributed by atoms with E-state index >= 15 is 0 Å². The lowest BCUT2D eigenvalue weighted by Crippen LogP contribution is -2.09. The minimum Gasteiger partial charge on any atom is -0.453 e. The zero-order valence-electron chi connectivity index (χ0n) is 10.0. The fourth-order valence-electron chi connectivity index (χ4n) is 1.27. The molecular weight excluding hydrogens is 204 g/mol. The molecule has 0 radical (unpaired) electrons. The van der Waals surface area contributed by atoms with Crippen molar-refractivity contribution in [3.63, 3.8) is 0 Å². The Bertz CT molecular complexity index is 382. The van der Waals surface area contributed by atoms with E-state index in [1.165, 1.54) is 0 Å².